The van der Waals surface area contributed by atoms with Crippen molar-refractivity contribution in [1.29, 1.82) is 0 Å². The minimum atomic E-state index is -0.884. The number of benzene rings is 2. The van der Waals surface area contributed by atoms with E-state index in [0.29, 0.717) is 23.9 Å². The number of phenols is 2. The van der Waals surface area contributed by atoms with Gasteiger partial charge in [-0.15, -0.1) is 0 Å². The number of amides is 1. The van der Waals surface area contributed by atoms with Gasteiger partial charge in [-0.25, -0.2) is 4.79 Å². The first-order chi connectivity index (χ1) is 12.1. The number of phenolic OH excluding ortho intramolecular Hbond substituents is 2. The Hall–Kier alpha value is -2.80. The molecule has 0 unspecified atom stereocenters. The molecular formula is C18H19NO6. The molecule has 1 saturated heterocycles. The van der Waals surface area contributed by atoms with Gasteiger partial charge in [0.25, 0.3) is 5.91 Å². The largest absolute Gasteiger partial charge is 0.507 e. The van der Waals surface area contributed by atoms with Gasteiger partial charge in [-0.3, -0.25) is 4.79 Å². The lowest BCUT2D eigenvalue weighted by Crippen LogP contribution is -2.34. The molecule has 1 aliphatic heterocycles. The van der Waals surface area contributed by atoms with Crippen molar-refractivity contribution in [3.8, 4) is 11.5 Å². The fraction of sp³-hybridized carbons (Fsp3) is 0.333. The van der Waals surface area contributed by atoms with Crippen molar-refractivity contribution in [2.24, 2.45) is 0 Å². The van der Waals surface area contributed by atoms with Crippen molar-refractivity contribution >= 4 is 22.6 Å². The first-order valence-corrected chi connectivity index (χ1v) is 8.05. The van der Waals surface area contributed by atoms with E-state index in [-0.39, 0.29) is 23.2 Å². The summed E-state index contributed by atoms with van der Waals surface area (Å²) in [5.74, 6) is -1.78. The number of carbonyl (C=O) groups is 2. The van der Waals surface area contributed by atoms with Crippen LogP contribution >= 0.6 is 0 Å². The summed E-state index contributed by atoms with van der Waals surface area (Å²) in [4.78, 5) is 23.9. The van der Waals surface area contributed by atoms with E-state index < -0.39 is 18.5 Å². The average molecular weight is 345 g/mol. The molecule has 132 valence electrons. The van der Waals surface area contributed by atoms with Crippen molar-refractivity contribution in [3.05, 3.63) is 35.9 Å². The third kappa shape index (κ3) is 3.83. The SMILES string of the molecule is O=C(COC(=O)c1cc(O)c2ccccc2c1O)NC[C@H]1CCCO1. The normalized spacial score (nSPS) is 16.7. The zero-order chi connectivity index (χ0) is 17.8. The van der Waals surface area contributed by atoms with Gasteiger partial charge >= 0.3 is 5.97 Å². The van der Waals surface area contributed by atoms with E-state index in [1.807, 2.05) is 0 Å². The lowest BCUT2D eigenvalue weighted by Gasteiger charge is -2.12. The zero-order valence-electron chi connectivity index (χ0n) is 13.5. The molecule has 0 saturated carbocycles. The van der Waals surface area contributed by atoms with Gasteiger partial charge in [0.2, 0.25) is 0 Å². The lowest BCUT2D eigenvalue weighted by molar-refractivity contribution is -0.124. The van der Waals surface area contributed by atoms with Crippen LogP contribution in [0.1, 0.15) is 23.2 Å². The number of hydrogen-bond acceptors (Lipinski definition) is 6. The van der Waals surface area contributed by atoms with Gasteiger partial charge in [-0.2, -0.15) is 0 Å². The Morgan fingerprint density at radius 3 is 2.72 bits per heavy atom. The quantitative estimate of drug-likeness (QED) is 0.563. The summed E-state index contributed by atoms with van der Waals surface area (Å²) in [7, 11) is 0. The standard InChI is InChI=1S/C18H19NO6/c20-15-8-14(17(22)13-6-2-1-5-12(13)15)18(23)25-10-16(21)19-9-11-4-3-7-24-11/h1-2,5-6,8,11,20,22H,3-4,7,9-10H2,(H,19,21)/t11-/m1/s1. The molecule has 0 radical (unpaired) electrons. The summed E-state index contributed by atoms with van der Waals surface area (Å²) in [6.45, 7) is 0.594. The van der Waals surface area contributed by atoms with Crippen LogP contribution in [0.5, 0.6) is 11.5 Å². The summed E-state index contributed by atoms with van der Waals surface area (Å²) in [6.07, 6.45) is 1.87. The van der Waals surface area contributed by atoms with Crippen LogP contribution in [0.4, 0.5) is 0 Å². The van der Waals surface area contributed by atoms with Crippen LogP contribution in [0.15, 0.2) is 30.3 Å². The van der Waals surface area contributed by atoms with Gasteiger partial charge < -0.3 is 25.0 Å². The van der Waals surface area contributed by atoms with Crippen molar-refractivity contribution in [1.82, 2.24) is 5.32 Å². The topological polar surface area (TPSA) is 105 Å². The number of aromatic hydroxyl groups is 2. The second-order valence-corrected chi connectivity index (χ2v) is 5.85. The molecule has 7 nitrogen and oxygen atoms in total. The Labute approximate surface area is 144 Å². The van der Waals surface area contributed by atoms with Gasteiger partial charge in [0.1, 0.15) is 17.1 Å². The van der Waals surface area contributed by atoms with Crippen molar-refractivity contribution < 1.29 is 29.3 Å². The smallest absolute Gasteiger partial charge is 0.342 e. The van der Waals surface area contributed by atoms with Gasteiger partial charge in [0.05, 0.1) is 6.10 Å². The molecule has 1 heterocycles. The van der Waals surface area contributed by atoms with Crippen LogP contribution in [0.25, 0.3) is 10.8 Å². The minimum absolute atomic E-state index is 0.00105. The third-order valence-electron chi connectivity index (χ3n) is 4.10. The number of nitrogens with one attached hydrogen (secondary N) is 1. The molecule has 25 heavy (non-hydrogen) atoms. The van der Waals surface area contributed by atoms with Crippen LogP contribution in [0, 0.1) is 0 Å². The predicted molar refractivity (Wildman–Crippen MR) is 89.5 cm³/mol. The highest BCUT2D eigenvalue weighted by Gasteiger charge is 2.20. The summed E-state index contributed by atoms with van der Waals surface area (Å²) in [6, 6.07) is 7.71. The highest BCUT2D eigenvalue weighted by atomic mass is 16.5. The minimum Gasteiger partial charge on any atom is -0.507 e. The number of ether oxygens (including phenoxy) is 2. The summed E-state index contributed by atoms with van der Waals surface area (Å²) in [5.41, 5.74) is -0.192. The fourth-order valence-electron chi connectivity index (χ4n) is 2.79. The van der Waals surface area contributed by atoms with Gasteiger partial charge in [-0.1, -0.05) is 24.3 Å². The highest BCUT2D eigenvalue weighted by molar-refractivity contribution is 6.04. The average Bonchev–Trinajstić information content (AvgIpc) is 3.14. The van der Waals surface area contributed by atoms with Crippen molar-refractivity contribution in [2.75, 3.05) is 19.8 Å². The van der Waals surface area contributed by atoms with Crippen LogP contribution in [0.3, 0.4) is 0 Å². The number of fused-ring (bicyclic) bond motifs is 1. The van der Waals surface area contributed by atoms with Crippen LogP contribution in [0.2, 0.25) is 0 Å². The molecule has 3 rings (SSSR count). The second kappa shape index (κ2) is 7.40. The second-order valence-electron chi connectivity index (χ2n) is 5.85. The Balaban J connectivity index is 1.62. The monoisotopic (exact) mass is 345 g/mol. The first kappa shape index (κ1) is 17.0. The van der Waals surface area contributed by atoms with E-state index in [0.717, 1.165) is 18.9 Å². The molecule has 1 aliphatic rings. The molecule has 0 aliphatic carbocycles. The van der Waals surface area contributed by atoms with Gasteiger partial charge in [0, 0.05) is 23.9 Å². The molecule has 2 aromatic rings. The maximum absolute atomic E-state index is 12.1. The van der Waals surface area contributed by atoms with Crippen LogP contribution < -0.4 is 5.32 Å². The molecule has 0 aromatic heterocycles. The molecule has 1 fully saturated rings. The molecule has 0 bridgehead atoms. The molecule has 2 aromatic carbocycles. The zero-order valence-corrected chi connectivity index (χ0v) is 13.5. The Morgan fingerprint density at radius 1 is 1.24 bits per heavy atom. The number of rotatable bonds is 5. The lowest BCUT2D eigenvalue weighted by atomic mass is 10.0. The maximum Gasteiger partial charge on any atom is 0.342 e. The molecule has 1 amide bonds. The molecule has 7 heteroatoms. The first-order valence-electron chi connectivity index (χ1n) is 8.05. The molecule has 0 spiro atoms. The molecule has 3 N–H and O–H groups in total. The van der Waals surface area contributed by atoms with E-state index >= 15 is 0 Å². The fourth-order valence-corrected chi connectivity index (χ4v) is 2.79. The summed E-state index contributed by atoms with van der Waals surface area (Å²) in [5, 5.41) is 23.6. The van der Waals surface area contributed by atoms with E-state index in [4.69, 9.17) is 9.47 Å². The highest BCUT2D eigenvalue weighted by Crippen LogP contribution is 2.35. The van der Waals surface area contributed by atoms with Gasteiger partial charge in [0.15, 0.2) is 6.61 Å². The Bertz CT molecular complexity index is 797. The molecular weight excluding hydrogens is 326 g/mol. The maximum atomic E-state index is 12.1. The van der Waals surface area contributed by atoms with E-state index in [9.17, 15) is 19.8 Å². The van der Waals surface area contributed by atoms with Gasteiger partial charge in [-0.05, 0) is 18.9 Å². The Kier molecular flexibility index (Phi) is 5.04. The van der Waals surface area contributed by atoms with Crippen molar-refractivity contribution in [2.45, 2.75) is 18.9 Å². The molecule has 1 atom stereocenters. The predicted octanol–water partition coefficient (Wildman–Crippen LogP) is 1.70. The number of hydrogen-bond donors (Lipinski definition) is 3. The van der Waals surface area contributed by atoms with E-state index in [1.54, 1.807) is 24.3 Å². The number of carbonyl (C=O) groups excluding carboxylic acids is 2. The van der Waals surface area contributed by atoms with E-state index in [1.165, 1.54) is 0 Å². The summed E-state index contributed by atoms with van der Waals surface area (Å²) >= 11 is 0. The third-order valence-corrected chi connectivity index (χ3v) is 4.10. The Morgan fingerprint density at radius 2 is 2.00 bits per heavy atom. The van der Waals surface area contributed by atoms with Crippen LogP contribution in [-0.2, 0) is 14.3 Å². The summed E-state index contributed by atoms with van der Waals surface area (Å²) < 4.78 is 10.3. The van der Waals surface area contributed by atoms with Crippen LogP contribution in [-0.4, -0.2) is 48.0 Å². The number of esters is 1. The van der Waals surface area contributed by atoms with Crippen molar-refractivity contribution in [3.63, 3.8) is 0 Å². The van der Waals surface area contributed by atoms with E-state index in [2.05, 4.69) is 5.32 Å².